The predicted molar refractivity (Wildman–Crippen MR) is 116 cm³/mol. The molecule has 3 N–H and O–H groups in total. The molecule has 5 nitrogen and oxygen atoms in total. The van der Waals surface area contributed by atoms with E-state index in [4.69, 9.17) is 5.73 Å². The number of carbonyl (C=O) groups is 1. The zero-order chi connectivity index (χ0) is 16.8. The van der Waals surface area contributed by atoms with Gasteiger partial charge in [-0.05, 0) is 19.5 Å². The maximum absolute atomic E-state index is 12.4. The Hall–Kier alpha value is -0.560. The number of halogens is 3. The molecular formula is C18H33Cl3N4O. The van der Waals surface area contributed by atoms with Crippen LogP contribution in [0.1, 0.15) is 25.5 Å². The third kappa shape index (κ3) is 7.99. The minimum absolute atomic E-state index is 0. The maximum atomic E-state index is 12.4. The fourth-order valence-electron chi connectivity index (χ4n) is 2.93. The van der Waals surface area contributed by atoms with Crippen molar-refractivity contribution < 1.29 is 4.79 Å². The van der Waals surface area contributed by atoms with Crippen molar-refractivity contribution in [2.45, 2.75) is 25.9 Å². The minimum Gasteiger partial charge on any atom is -0.354 e. The quantitative estimate of drug-likeness (QED) is 0.731. The van der Waals surface area contributed by atoms with Crippen LogP contribution in [0.5, 0.6) is 0 Å². The fraction of sp³-hybridized carbons (Fsp3) is 0.611. The van der Waals surface area contributed by atoms with Gasteiger partial charge in [0.2, 0.25) is 5.91 Å². The highest BCUT2D eigenvalue weighted by atomic mass is 35.5. The van der Waals surface area contributed by atoms with Gasteiger partial charge in [-0.25, -0.2) is 0 Å². The molecule has 3 atom stereocenters. The monoisotopic (exact) mass is 426 g/mol. The van der Waals surface area contributed by atoms with Crippen molar-refractivity contribution in [3.63, 3.8) is 0 Å². The summed E-state index contributed by atoms with van der Waals surface area (Å²) >= 11 is 0. The Balaban J connectivity index is 0. The zero-order valence-electron chi connectivity index (χ0n) is 15.8. The average Bonchev–Trinajstić information content (AvgIpc) is 2.59. The Morgan fingerprint density at radius 2 is 1.62 bits per heavy atom. The molecule has 0 radical (unpaired) electrons. The summed E-state index contributed by atoms with van der Waals surface area (Å²) in [6.07, 6.45) is 0. The first-order valence-electron chi connectivity index (χ1n) is 8.50. The lowest BCUT2D eigenvalue weighted by Gasteiger charge is -2.36. The van der Waals surface area contributed by atoms with Crippen molar-refractivity contribution in [2.24, 2.45) is 11.7 Å². The van der Waals surface area contributed by atoms with Gasteiger partial charge in [0.15, 0.2) is 0 Å². The van der Waals surface area contributed by atoms with Crippen LogP contribution in [0.15, 0.2) is 30.3 Å². The van der Waals surface area contributed by atoms with E-state index in [2.05, 4.69) is 29.1 Å². The molecule has 0 spiro atoms. The first kappa shape index (κ1) is 27.7. The van der Waals surface area contributed by atoms with Crippen LogP contribution in [0.2, 0.25) is 0 Å². The van der Waals surface area contributed by atoms with Gasteiger partial charge in [0.1, 0.15) is 0 Å². The summed E-state index contributed by atoms with van der Waals surface area (Å²) in [6.45, 7) is 9.05. The van der Waals surface area contributed by atoms with Gasteiger partial charge >= 0.3 is 0 Å². The molecule has 1 aliphatic heterocycles. The lowest BCUT2D eigenvalue weighted by Crippen LogP contribution is -2.51. The van der Waals surface area contributed by atoms with Crippen molar-refractivity contribution in [1.29, 1.82) is 0 Å². The number of carbonyl (C=O) groups excluding carboxylic acids is 1. The van der Waals surface area contributed by atoms with Gasteiger partial charge in [-0.3, -0.25) is 9.69 Å². The summed E-state index contributed by atoms with van der Waals surface area (Å²) in [5.74, 6) is -0.209. The van der Waals surface area contributed by atoms with E-state index in [1.807, 2.05) is 37.3 Å². The largest absolute Gasteiger partial charge is 0.354 e. The molecule has 0 saturated carbocycles. The summed E-state index contributed by atoms with van der Waals surface area (Å²) in [4.78, 5) is 17.1. The Labute approximate surface area is 176 Å². The molecule has 1 fully saturated rings. The number of benzene rings is 1. The molecular weight excluding hydrogens is 395 g/mol. The number of nitrogens with zero attached hydrogens (tertiary/aromatic N) is 2. The van der Waals surface area contributed by atoms with Crippen LogP contribution in [0.3, 0.4) is 0 Å². The topological polar surface area (TPSA) is 61.6 Å². The Morgan fingerprint density at radius 3 is 2.15 bits per heavy atom. The van der Waals surface area contributed by atoms with Crippen LogP contribution in [-0.2, 0) is 4.79 Å². The molecule has 1 saturated heterocycles. The van der Waals surface area contributed by atoms with Crippen molar-refractivity contribution in [3.05, 3.63) is 35.9 Å². The molecule has 1 amide bonds. The fourth-order valence-corrected chi connectivity index (χ4v) is 2.93. The summed E-state index contributed by atoms with van der Waals surface area (Å²) in [6, 6.07) is 9.90. The number of nitrogens with two attached hydrogens (primary N) is 1. The van der Waals surface area contributed by atoms with Crippen molar-refractivity contribution in [1.82, 2.24) is 15.1 Å². The highest BCUT2D eigenvalue weighted by Crippen LogP contribution is 2.19. The average molecular weight is 428 g/mol. The lowest BCUT2D eigenvalue weighted by atomic mass is 9.94. The number of rotatable bonds is 6. The van der Waals surface area contributed by atoms with Crippen LogP contribution in [0.4, 0.5) is 0 Å². The van der Waals surface area contributed by atoms with Crippen LogP contribution in [-0.4, -0.2) is 61.5 Å². The number of hydrogen-bond acceptors (Lipinski definition) is 4. The Kier molecular flexibility index (Phi) is 14.5. The Morgan fingerprint density at radius 1 is 1.08 bits per heavy atom. The van der Waals surface area contributed by atoms with Crippen LogP contribution in [0, 0.1) is 5.92 Å². The molecule has 2 rings (SSSR count). The van der Waals surface area contributed by atoms with Crippen LogP contribution in [0.25, 0.3) is 0 Å². The summed E-state index contributed by atoms with van der Waals surface area (Å²) in [7, 11) is 2.15. The van der Waals surface area contributed by atoms with E-state index in [1.54, 1.807) is 0 Å². The van der Waals surface area contributed by atoms with Gasteiger partial charge in [0.05, 0.1) is 5.92 Å². The van der Waals surface area contributed by atoms with Gasteiger partial charge in [-0.2, -0.15) is 0 Å². The van der Waals surface area contributed by atoms with Gasteiger partial charge < -0.3 is 16.0 Å². The number of piperazine rings is 1. The van der Waals surface area contributed by atoms with E-state index in [1.165, 1.54) is 0 Å². The molecule has 1 aliphatic rings. The summed E-state index contributed by atoms with van der Waals surface area (Å²) in [5, 5.41) is 3.07. The maximum Gasteiger partial charge on any atom is 0.224 e. The van der Waals surface area contributed by atoms with Crippen molar-refractivity contribution in [2.75, 3.05) is 39.8 Å². The lowest BCUT2D eigenvalue weighted by molar-refractivity contribution is -0.125. The molecule has 152 valence electrons. The van der Waals surface area contributed by atoms with E-state index in [0.29, 0.717) is 12.6 Å². The molecule has 3 unspecified atom stereocenters. The van der Waals surface area contributed by atoms with Gasteiger partial charge in [-0.1, -0.05) is 37.3 Å². The third-order valence-corrected chi connectivity index (χ3v) is 4.87. The normalized spacial score (nSPS) is 18.3. The van der Waals surface area contributed by atoms with E-state index in [9.17, 15) is 4.79 Å². The molecule has 1 aromatic rings. The van der Waals surface area contributed by atoms with E-state index in [-0.39, 0.29) is 55.1 Å². The van der Waals surface area contributed by atoms with E-state index in [0.717, 1.165) is 31.7 Å². The van der Waals surface area contributed by atoms with Crippen molar-refractivity contribution in [3.8, 4) is 0 Å². The molecule has 26 heavy (non-hydrogen) atoms. The van der Waals surface area contributed by atoms with E-state index >= 15 is 0 Å². The molecule has 0 aromatic heterocycles. The van der Waals surface area contributed by atoms with Gasteiger partial charge in [0, 0.05) is 44.8 Å². The highest BCUT2D eigenvalue weighted by molar-refractivity contribution is 5.86. The second-order valence-electron chi connectivity index (χ2n) is 6.66. The molecule has 8 heteroatoms. The minimum atomic E-state index is -0.268. The second kappa shape index (κ2) is 13.6. The van der Waals surface area contributed by atoms with E-state index < -0.39 is 0 Å². The third-order valence-electron chi connectivity index (χ3n) is 4.87. The summed E-state index contributed by atoms with van der Waals surface area (Å²) < 4.78 is 0. The smallest absolute Gasteiger partial charge is 0.224 e. The first-order chi connectivity index (χ1) is 11.0. The number of amides is 1. The predicted octanol–water partition coefficient (Wildman–Crippen LogP) is 2.34. The van der Waals surface area contributed by atoms with Crippen molar-refractivity contribution >= 4 is 43.1 Å². The van der Waals surface area contributed by atoms with Crippen LogP contribution >= 0.6 is 37.2 Å². The number of hydrogen-bond donors (Lipinski definition) is 2. The summed E-state index contributed by atoms with van der Waals surface area (Å²) in [5.41, 5.74) is 7.23. The highest BCUT2D eigenvalue weighted by Gasteiger charge is 2.24. The molecule has 0 aliphatic carbocycles. The first-order valence-corrected chi connectivity index (χ1v) is 8.50. The number of nitrogens with one attached hydrogen (secondary N) is 1. The molecule has 0 bridgehead atoms. The van der Waals surface area contributed by atoms with Gasteiger partial charge in [-0.15, -0.1) is 37.2 Å². The van der Waals surface area contributed by atoms with Crippen LogP contribution < -0.4 is 11.1 Å². The SMILES string of the molecule is CC(C(=O)NCC(C)N1CCN(C)CC1)C(N)c1ccccc1.Cl.Cl.Cl. The number of likely N-dealkylation sites (N-methyl/N-ethyl adjacent to an activating group) is 1. The standard InChI is InChI=1S/C18H30N4O.3ClH/c1-14(22-11-9-21(3)10-12-22)13-20-18(23)15(2)17(19)16-7-5-4-6-8-16;;;/h4-8,14-15,17H,9-13,19H2,1-3H3,(H,20,23);3*1H. The van der Waals surface area contributed by atoms with Gasteiger partial charge in [0.25, 0.3) is 0 Å². The molecule has 1 heterocycles. The zero-order valence-corrected chi connectivity index (χ0v) is 18.2. The second-order valence-corrected chi connectivity index (χ2v) is 6.66. The Bertz CT molecular complexity index is 498. The molecule has 1 aromatic carbocycles.